The van der Waals surface area contributed by atoms with Gasteiger partial charge in [-0.2, -0.15) is 5.10 Å². The highest BCUT2D eigenvalue weighted by Gasteiger charge is 2.07. The van der Waals surface area contributed by atoms with Gasteiger partial charge in [0.1, 0.15) is 0 Å². The molecule has 0 spiro atoms. The highest BCUT2D eigenvalue weighted by atomic mass is 16.4. The number of aromatic carboxylic acids is 1. The normalized spacial score (nSPS) is 10.2. The molecule has 92 valence electrons. The molecule has 0 atom stereocenters. The SMILES string of the molecule is NC(=O)c1cccc(Cn2cc(C(=O)O)cn2)c1. The molecule has 0 saturated carbocycles. The minimum atomic E-state index is -1.02. The number of carbonyl (C=O) groups is 2. The molecular weight excluding hydrogens is 234 g/mol. The summed E-state index contributed by atoms with van der Waals surface area (Å²) in [5, 5.41) is 12.7. The Hall–Kier alpha value is -2.63. The first-order chi connectivity index (χ1) is 8.56. The van der Waals surface area contributed by atoms with Crippen molar-refractivity contribution >= 4 is 11.9 Å². The number of hydrogen-bond acceptors (Lipinski definition) is 3. The van der Waals surface area contributed by atoms with Crippen molar-refractivity contribution in [1.29, 1.82) is 0 Å². The van der Waals surface area contributed by atoms with Gasteiger partial charge in [-0.3, -0.25) is 9.48 Å². The van der Waals surface area contributed by atoms with E-state index < -0.39 is 11.9 Å². The van der Waals surface area contributed by atoms with Crippen molar-refractivity contribution in [3.63, 3.8) is 0 Å². The van der Waals surface area contributed by atoms with Gasteiger partial charge in [-0.05, 0) is 17.7 Å². The summed E-state index contributed by atoms with van der Waals surface area (Å²) in [6, 6.07) is 6.81. The van der Waals surface area contributed by atoms with Crippen molar-refractivity contribution in [1.82, 2.24) is 9.78 Å². The van der Waals surface area contributed by atoms with E-state index in [2.05, 4.69) is 5.10 Å². The third-order valence-corrected chi connectivity index (χ3v) is 2.44. The van der Waals surface area contributed by atoms with Crippen LogP contribution in [0.2, 0.25) is 0 Å². The number of carboxylic acids is 1. The fourth-order valence-electron chi connectivity index (χ4n) is 1.57. The van der Waals surface area contributed by atoms with Gasteiger partial charge in [-0.15, -0.1) is 0 Å². The maximum absolute atomic E-state index is 11.0. The Morgan fingerprint density at radius 1 is 1.33 bits per heavy atom. The smallest absolute Gasteiger partial charge is 0.338 e. The summed E-state index contributed by atoms with van der Waals surface area (Å²) in [6.45, 7) is 0.383. The van der Waals surface area contributed by atoms with E-state index in [4.69, 9.17) is 10.8 Å². The van der Waals surface area contributed by atoms with E-state index >= 15 is 0 Å². The first kappa shape index (κ1) is 11.8. The molecule has 6 heteroatoms. The van der Waals surface area contributed by atoms with Crippen molar-refractivity contribution in [3.05, 3.63) is 53.3 Å². The number of aromatic nitrogens is 2. The lowest BCUT2D eigenvalue weighted by Crippen LogP contribution is -2.11. The highest BCUT2D eigenvalue weighted by Crippen LogP contribution is 2.07. The summed E-state index contributed by atoms with van der Waals surface area (Å²) >= 11 is 0. The zero-order chi connectivity index (χ0) is 13.1. The molecule has 0 bridgehead atoms. The number of hydrogen-bond donors (Lipinski definition) is 2. The molecule has 18 heavy (non-hydrogen) atoms. The number of carbonyl (C=O) groups excluding carboxylic acids is 1. The number of primary amides is 1. The summed E-state index contributed by atoms with van der Waals surface area (Å²) in [6.07, 6.45) is 2.71. The molecule has 2 rings (SSSR count). The van der Waals surface area contributed by atoms with Crippen LogP contribution < -0.4 is 5.73 Å². The number of rotatable bonds is 4. The minimum Gasteiger partial charge on any atom is -0.478 e. The molecule has 0 aliphatic heterocycles. The van der Waals surface area contributed by atoms with Gasteiger partial charge in [0, 0.05) is 11.8 Å². The minimum absolute atomic E-state index is 0.126. The van der Waals surface area contributed by atoms with Crippen molar-refractivity contribution < 1.29 is 14.7 Å². The van der Waals surface area contributed by atoms with Gasteiger partial charge in [0.25, 0.3) is 0 Å². The third kappa shape index (κ3) is 2.54. The molecule has 1 heterocycles. The number of nitrogens with two attached hydrogens (primary N) is 1. The lowest BCUT2D eigenvalue weighted by molar-refractivity contribution is 0.0696. The molecule has 1 aromatic heterocycles. The van der Waals surface area contributed by atoms with Crippen LogP contribution in [-0.4, -0.2) is 26.8 Å². The predicted molar refractivity (Wildman–Crippen MR) is 63.2 cm³/mol. The quantitative estimate of drug-likeness (QED) is 0.829. The summed E-state index contributed by atoms with van der Waals surface area (Å²) in [4.78, 5) is 21.7. The molecule has 0 aliphatic carbocycles. The largest absolute Gasteiger partial charge is 0.478 e. The number of carboxylic acid groups (broad SMARTS) is 1. The molecule has 0 saturated heterocycles. The average molecular weight is 245 g/mol. The molecule has 1 aromatic carbocycles. The van der Waals surface area contributed by atoms with Crippen molar-refractivity contribution in [2.45, 2.75) is 6.54 Å². The van der Waals surface area contributed by atoms with Gasteiger partial charge in [0.2, 0.25) is 5.91 Å². The summed E-state index contributed by atoms with van der Waals surface area (Å²) in [5.41, 5.74) is 6.55. The fourth-order valence-corrected chi connectivity index (χ4v) is 1.57. The summed E-state index contributed by atoms with van der Waals surface area (Å²) in [5.74, 6) is -1.52. The van der Waals surface area contributed by atoms with Crippen LogP contribution in [-0.2, 0) is 6.54 Å². The lowest BCUT2D eigenvalue weighted by Gasteiger charge is -2.03. The van der Waals surface area contributed by atoms with Crippen LogP contribution in [0, 0.1) is 0 Å². The van der Waals surface area contributed by atoms with E-state index in [0.717, 1.165) is 5.56 Å². The van der Waals surface area contributed by atoms with Gasteiger partial charge in [0.15, 0.2) is 0 Å². The Balaban J connectivity index is 2.20. The Bertz CT molecular complexity index is 604. The van der Waals surface area contributed by atoms with E-state index in [0.29, 0.717) is 12.1 Å². The molecule has 1 amide bonds. The predicted octanol–water partition coefficient (Wildman–Crippen LogP) is 0.729. The monoisotopic (exact) mass is 245 g/mol. The highest BCUT2D eigenvalue weighted by molar-refractivity contribution is 5.92. The Morgan fingerprint density at radius 2 is 2.11 bits per heavy atom. The van der Waals surface area contributed by atoms with Gasteiger partial charge in [0.05, 0.1) is 18.3 Å². The second kappa shape index (κ2) is 4.70. The lowest BCUT2D eigenvalue weighted by atomic mass is 10.1. The molecule has 2 aromatic rings. The van der Waals surface area contributed by atoms with Crippen LogP contribution in [0.4, 0.5) is 0 Å². The van der Waals surface area contributed by atoms with Gasteiger partial charge in [-0.25, -0.2) is 4.79 Å². The second-order valence-corrected chi connectivity index (χ2v) is 3.80. The van der Waals surface area contributed by atoms with Gasteiger partial charge < -0.3 is 10.8 Å². The van der Waals surface area contributed by atoms with Crippen LogP contribution in [0.3, 0.4) is 0 Å². The van der Waals surface area contributed by atoms with Crippen molar-refractivity contribution in [2.75, 3.05) is 0 Å². The van der Waals surface area contributed by atoms with E-state index in [-0.39, 0.29) is 5.56 Å². The van der Waals surface area contributed by atoms with Crippen LogP contribution >= 0.6 is 0 Å². The Labute approximate surface area is 103 Å². The average Bonchev–Trinajstić information content (AvgIpc) is 2.78. The van der Waals surface area contributed by atoms with E-state index in [1.165, 1.54) is 17.1 Å². The summed E-state index contributed by atoms with van der Waals surface area (Å²) < 4.78 is 1.49. The zero-order valence-corrected chi connectivity index (χ0v) is 9.41. The third-order valence-electron chi connectivity index (χ3n) is 2.44. The molecule has 0 fully saturated rings. The number of benzene rings is 1. The van der Waals surface area contributed by atoms with E-state index in [1.54, 1.807) is 18.2 Å². The molecule has 0 unspecified atom stereocenters. The maximum atomic E-state index is 11.0. The second-order valence-electron chi connectivity index (χ2n) is 3.80. The Kier molecular flexibility index (Phi) is 3.09. The Morgan fingerprint density at radius 3 is 2.72 bits per heavy atom. The molecular formula is C12H11N3O3. The number of nitrogens with zero attached hydrogens (tertiary/aromatic N) is 2. The first-order valence-electron chi connectivity index (χ1n) is 5.21. The fraction of sp³-hybridized carbons (Fsp3) is 0.0833. The number of amides is 1. The van der Waals surface area contributed by atoms with Crippen molar-refractivity contribution in [3.8, 4) is 0 Å². The summed E-state index contributed by atoms with van der Waals surface area (Å²) in [7, 11) is 0. The van der Waals surface area contributed by atoms with Crippen LogP contribution in [0.25, 0.3) is 0 Å². The van der Waals surface area contributed by atoms with E-state index in [9.17, 15) is 9.59 Å². The maximum Gasteiger partial charge on any atom is 0.338 e. The van der Waals surface area contributed by atoms with E-state index in [1.807, 2.05) is 6.07 Å². The van der Waals surface area contributed by atoms with Crippen LogP contribution in [0.5, 0.6) is 0 Å². The topological polar surface area (TPSA) is 98.2 Å². The van der Waals surface area contributed by atoms with Gasteiger partial charge >= 0.3 is 5.97 Å². The first-order valence-corrected chi connectivity index (χ1v) is 5.21. The van der Waals surface area contributed by atoms with Gasteiger partial charge in [-0.1, -0.05) is 12.1 Å². The molecule has 6 nitrogen and oxygen atoms in total. The molecule has 3 N–H and O–H groups in total. The van der Waals surface area contributed by atoms with Crippen LogP contribution in [0.15, 0.2) is 36.7 Å². The zero-order valence-electron chi connectivity index (χ0n) is 9.41. The standard InChI is InChI=1S/C12H11N3O3/c13-11(16)9-3-1-2-8(4-9)6-15-7-10(5-14-15)12(17)18/h1-5,7H,6H2,(H2,13,16)(H,17,18). The van der Waals surface area contributed by atoms with Crippen LogP contribution in [0.1, 0.15) is 26.3 Å². The molecule has 0 aliphatic rings. The molecule has 0 radical (unpaired) electrons. The van der Waals surface area contributed by atoms with Crippen molar-refractivity contribution in [2.24, 2.45) is 5.73 Å².